The largest absolute Gasteiger partial charge is 0.493 e. The molecule has 9 heteroatoms. The van der Waals surface area contributed by atoms with E-state index in [1.807, 2.05) is 12.1 Å². The van der Waals surface area contributed by atoms with Crippen LogP contribution < -0.4 is 14.3 Å². The first kappa shape index (κ1) is 21.7. The van der Waals surface area contributed by atoms with Crippen LogP contribution in [0.5, 0.6) is 11.5 Å². The Hall–Kier alpha value is -3.49. The molecule has 0 atom stereocenters. The number of methoxy groups -OCH3 is 2. The van der Waals surface area contributed by atoms with E-state index in [0.717, 1.165) is 5.56 Å². The summed E-state index contributed by atoms with van der Waals surface area (Å²) in [5.41, 5.74) is 2.57. The molecule has 3 aromatic carbocycles. The van der Waals surface area contributed by atoms with Crippen LogP contribution >= 0.6 is 11.6 Å². The number of nitrogens with zero attached hydrogens (tertiary/aromatic N) is 2. The first-order valence-electron chi connectivity index (χ1n) is 9.57. The lowest BCUT2D eigenvalue weighted by Gasteiger charge is -2.13. The van der Waals surface area contributed by atoms with E-state index in [-0.39, 0.29) is 4.90 Å². The molecule has 0 spiro atoms. The van der Waals surface area contributed by atoms with Gasteiger partial charge in [-0.25, -0.2) is 0 Å². The van der Waals surface area contributed by atoms with Crippen molar-refractivity contribution in [3.05, 3.63) is 83.9 Å². The van der Waals surface area contributed by atoms with Crippen LogP contribution in [-0.4, -0.2) is 32.5 Å². The summed E-state index contributed by atoms with van der Waals surface area (Å²) in [6.07, 6.45) is 0. The summed E-state index contributed by atoms with van der Waals surface area (Å²) in [7, 11) is -0.787. The molecule has 0 radical (unpaired) electrons. The highest BCUT2D eigenvalue weighted by molar-refractivity contribution is 7.92. The number of ether oxygens (including phenoxy) is 2. The van der Waals surface area contributed by atoms with Crippen LogP contribution in [-0.2, 0) is 10.0 Å². The smallest absolute Gasteiger partial charge is 0.276 e. The average Bonchev–Trinajstić information content (AvgIpc) is 3.22. The molecule has 7 nitrogen and oxygen atoms in total. The van der Waals surface area contributed by atoms with Crippen molar-refractivity contribution in [2.45, 2.75) is 4.90 Å². The van der Waals surface area contributed by atoms with Crippen LogP contribution in [0.2, 0.25) is 5.02 Å². The number of sulfonamides is 1. The molecule has 4 rings (SSSR count). The molecule has 1 heterocycles. The topological polar surface area (TPSA) is 82.5 Å². The van der Waals surface area contributed by atoms with Gasteiger partial charge in [-0.05, 0) is 48.5 Å². The summed E-state index contributed by atoms with van der Waals surface area (Å²) in [6.45, 7) is 0. The Balaban J connectivity index is 1.83. The summed E-state index contributed by atoms with van der Waals surface area (Å²) in [5.74, 6) is 1.07. The fourth-order valence-electron chi connectivity index (χ4n) is 3.18. The van der Waals surface area contributed by atoms with Crippen LogP contribution in [0.3, 0.4) is 0 Å². The molecule has 0 aliphatic carbocycles. The third kappa shape index (κ3) is 4.42. The normalized spacial score (nSPS) is 11.2. The number of benzene rings is 3. The minimum Gasteiger partial charge on any atom is -0.493 e. The van der Waals surface area contributed by atoms with Crippen molar-refractivity contribution < 1.29 is 17.9 Å². The standard InChI is InChI=1S/C23H20ClN3O4S/c1-30-22-13-10-17(14-23(22)31-2)21-15-20(16-8-11-18(24)12-9-16)25-27(21)26-32(28,29)19-6-4-3-5-7-19/h3-15,26H,1-2H3. The van der Waals surface area contributed by atoms with E-state index in [0.29, 0.717) is 33.5 Å². The number of halogens is 1. The maximum absolute atomic E-state index is 13.0. The zero-order valence-corrected chi connectivity index (χ0v) is 18.9. The third-order valence-corrected chi connectivity index (χ3v) is 6.35. The van der Waals surface area contributed by atoms with Gasteiger partial charge in [0.1, 0.15) is 0 Å². The molecule has 164 valence electrons. The van der Waals surface area contributed by atoms with Gasteiger partial charge in [0, 0.05) is 16.1 Å². The van der Waals surface area contributed by atoms with Gasteiger partial charge in [0.25, 0.3) is 10.0 Å². The highest BCUT2D eigenvalue weighted by Gasteiger charge is 2.20. The monoisotopic (exact) mass is 469 g/mol. The van der Waals surface area contributed by atoms with E-state index in [2.05, 4.69) is 9.93 Å². The van der Waals surface area contributed by atoms with Crippen LogP contribution in [0.4, 0.5) is 0 Å². The lowest BCUT2D eigenvalue weighted by Crippen LogP contribution is -2.25. The fraction of sp³-hybridized carbons (Fsp3) is 0.0870. The van der Waals surface area contributed by atoms with Crippen molar-refractivity contribution in [2.24, 2.45) is 0 Å². The quantitative estimate of drug-likeness (QED) is 0.419. The molecule has 0 saturated heterocycles. The average molecular weight is 470 g/mol. The molecular formula is C23H20ClN3O4S. The van der Waals surface area contributed by atoms with Gasteiger partial charge in [-0.1, -0.05) is 41.9 Å². The molecule has 0 fully saturated rings. The molecule has 0 bridgehead atoms. The summed E-state index contributed by atoms with van der Waals surface area (Å²) < 4.78 is 36.6. The highest BCUT2D eigenvalue weighted by atomic mass is 35.5. The van der Waals surface area contributed by atoms with E-state index in [1.165, 1.54) is 24.0 Å². The lowest BCUT2D eigenvalue weighted by molar-refractivity contribution is 0.355. The van der Waals surface area contributed by atoms with E-state index >= 15 is 0 Å². The molecule has 4 aromatic rings. The van der Waals surface area contributed by atoms with Crippen molar-refractivity contribution in [1.82, 2.24) is 9.89 Å². The SMILES string of the molecule is COc1ccc(-c2cc(-c3ccc(Cl)cc3)nn2NS(=O)(=O)c2ccccc2)cc1OC. The van der Waals surface area contributed by atoms with Crippen molar-refractivity contribution in [1.29, 1.82) is 0 Å². The van der Waals surface area contributed by atoms with Gasteiger partial charge in [0.2, 0.25) is 0 Å². The molecule has 0 saturated carbocycles. The molecule has 0 aliphatic rings. The molecular weight excluding hydrogens is 450 g/mol. The summed E-state index contributed by atoms with van der Waals surface area (Å²) in [6, 6.07) is 22.3. The van der Waals surface area contributed by atoms with Crippen LogP contribution in [0.15, 0.2) is 83.8 Å². The van der Waals surface area contributed by atoms with Gasteiger partial charge in [-0.15, -0.1) is 0 Å². The first-order chi connectivity index (χ1) is 15.4. The zero-order valence-electron chi connectivity index (χ0n) is 17.3. The van der Waals surface area contributed by atoms with Gasteiger partial charge in [-0.2, -0.15) is 23.1 Å². The molecule has 32 heavy (non-hydrogen) atoms. The summed E-state index contributed by atoms with van der Waals surface area (Å²) >= 11 is 6.01. The maximum Gasteiger partial charge on any atom is 0.276 e. The Bertz CT molecular complexity index is 1340. The first-order valence-corrected chi connectivity index (χ1v) is 11.4. The van der Waals surface area contributed by atoms with Gasteiger partial charge >= 0.3 is 0 Å². The second kappa shape index (κ2) is 8.94. The molecule has 0 aliphatic heterocycles. The number of aromatic nitrogens is 2. The summed E-state index contributed by atoms with van der Waals surface area (Å²) in [5, 5.41) is 5.10. The Kier molecular flexibility index (Phi) is 6.07. The highest BCUT2D eigenvalue weighted by Crippen LogP contribution is 2.34. The predicted molar refractivity (Wildman–Crippen MR) is 124 cm³/mol. The van der Waals surface area contributed by atoms with Gasteiger partial charge in [-0.3, -0.25) is 0 Å². The number of hydrogen-bond acceptors (Lipinski definition) is 5. The minimum absolute atomic E-state index is 0.127. The number of rotatable bonds is 7. The Labute approximate surface area is 191 Å². The van der Waals surface area contributed by atoms with Crippen molar-refractivity contribution in [2.75, 3.05) is 19.1 Å². The molecule has 1 N–H and O–H groups in total. The van der Waals surface area contributed by atoms with Crippen molar-refractivity contribution >= 4 is 21.6 Å². The van der Waals surface area contributed by atoms with Gasteiger partial charge in [0.15, 0.2) is 11.5 Å². The molecule has 0 unspecified atom stereocenters. The van der Waals surface area contributed by atoms with E-state index in [4.69, 9.17) is 21.1 Å². The van der Waals surface area contributed by atoms with E-state index < -0.39 is 10.0 Å². The van der Waals surface area contributed by atoms with Crippen LogP contribution in [0, 0.1) is 0 Å². The Morgan fingerprint density at radius 3 is 2.16 bits per heavy atom. The molecule has 0 amide bonds. The Morgan fingerprint density at radius 2 is 1.50 bits per heavy atom. The van der Waals surface area contributed by atoms with Crippen molar-refractivity contribution in [3.8, 4) is 34.0 Å². The number of nitrogens with one attached hydrogen (secondary N) is 1. The van der Waals surface area contributed by atoms with E-state index in [1.54, 1.807) is 61.7 Å². The number of hydrogen-bond donors (Lipinski definition) is 1. The minimum atomic E-state index is -3.87. The van der Waals surface area contributed by atoms with Gasteiger partial charge < -0.3 is 9.47 Å². The summed E-state index contributed by atoms with van der Waals surface area (Å²) in [4.78, 5) is 3.92. The molecule has 1 aromatic heterocycles. The second-order valence-corrected chi connectivity index (χ2v) is 8.91. The van der Waals surface area contributed by atoms with E-state index in [9.17, 15) is 8.42 Å². The second-order valence-electron chi connectivity index (χ2n) is 6.81. The van der Waals surface area contributed by atoms with Crippen molar-refractivity contribution in [3.63, 3.8) is 0 Å². The Morgan fingerprint density at radius 1 is 0.844 bits per heavy atom. The fourth-order valence-corrected chi connectivity index (χ4v) is 4.29. The predicted octanol–water partition coefficient (Wildman–Crippen LogP) is 4.82. The lowest BCUT2D eigenvalue weighted by atomic mass is 10.1. The zero-order chi connectivity index (χ0) is 22.7. The maximum atomic E-state index is 13.0. The third-order valence-electron chi connectivity index (χ3n) is 4.79. The van der Waals surface area contributed by atoms with Crippen LogP contribution in [0.25, 0.3) is 22.5 Å². The van der Waals surface area contributed by atoms with Crippen LogP contribution in [0.1, 0.15) is 0 Å². The van der Waals surface area contributed by atoms with Gasteiger partial charge in [0.05, 0.1) is 30.5 Å².